The van der Waals surface area contributed by atoms with E-state index in [9.17, 15) is 9.59 Å². The van der Waals surface area contributed by atoms with E-state index in [2.05, 4.69) is 0 Å². The lowest BCUT2D eigenvalue weighted by atomic mass is 9.78. The number of benzene rings is 1. The summed E-state index contributed by atoms with van der Waals surface area (Å²) in [5, 5.41) is 0. The van der Waals surface area contributed by atoms with Gasteiger partial charge in [0, 0.05) is 0 Å². The summed E-state index contributed by atoms with van der Waals surface area (Å²) in [6, 6.07) is 9.44. The van der Waals surface area contributed by atoms with Crippen LogP contribution in [-0.2, 0) is 25.5 Å². The third kappa shape index (κ3) is 5.37. The topological polar surface area (TPSA) is 52.6 Å². The molecule has 130 valence electrons. The number of esters is 2. The Morgan fingerprint density at radius 1 is 1.00 bits per heavy atom. The van der Waals surface area contributed by atoms with E-state index in [0.717, 1.165) is 5.56 Å². The molecule has 0 heterocycles. The number of allylic oxidation sites excluding steroid dienone is 4. The molecule has 0 fully saturated rings. The third-order valence-corrected chi connectivity index (χ3v) is 3.59. The van der Waals surface area contributed by atoms with Gasteiger partial charge in [0.25, 0.3) is 0 Å². The monoisotopic (exact) mass is 330 g/mol. The number of hydrogen-bond acceptors (Lipinski definition) is 4. The third-order valence-electron chi connectivity index (χ3n) is 3.59. The van der Waals surface area contributed by atoms with Crippen molar-refractivity contribution >= 4 is 11.9 Å². The van der Waals surface area contributed by atoms with Gasteiger partial charge in [-0.2, -0.15) is 0 Å². The molecule has 0 saturated carbocycles. The van der Waals surface area contributed by atoms with Gasteiger partial charge in [0.1, 0.15) is 0 Å². The molecule has 0 radical (unpaired) electrons. The Morgan fingerprint density at radius 3 is 2.08 bits per heavy atom. The summed E-state index contributed by atoms with van der Waals surface area (Å²) in [7, 11) is 0. The van der Waals surface area contributed by atoms with Gasteiger partial charge >= 0.3 is 11.9 Å². The SMILES string of the molecule is C/C=C/C=C/CC(Cc1ccccc1)(C(=O)OCC)C(=O)OCC. The Bertz CT molecular complexity index is 555. The number of ether oxygens (including phenoxy) is 2. The van der Waals surface area contributed by atoms with Crippen molar-refractivity contribution in [1.29, 1.82) is 0 Å². The van der Waals surface area contributed by atoms with Crippen LogP contribution in [0.4, 0.5) is 0 Å². The van der Waals surface area contributed by atoms with Crippen LogP contribution in [0.5, 0.6) is 0 Å². The molecule has 1 aromatic carbocycles. The van der Waals surface area contributed by atoms with Gasteiger partial charge in [-0.05, 0) is 39.2 Å². The zero-order valence-corrected chi connectivity index (χ0v) is 14.7. The fourth-order valence-electron chi connectivity index (χ4n) is 2.41. The van der Waals surface area contributed by atoms with Crippen LogP contribution >= 0.6 is 0 Å². The van der Waals surface area contributed by atoms with Crippen LogP contribution in [0.3, 0.4) is 0 Å². The first-order chi connectivity index (χ1) is 11.6. The van der Waals surface area contributed by atoms with Crippen molar-refractivity contribution in [3.8, 4) is 0 Å². The molecule has 4 nitrogen and oxygen atoms in total. The van der Waals surface area contributed by atoms with Crippen molar-refractivity contribution < 1.29 is 19.1 Å². The Kier molecular flexibility index (Phi) is 8.55. The molecule has 0 spiro atoms. The molecule has 0 saturated heterocycles. The number of carbonyl (C=O) groups excluding carboxylic acids is 2. The van der Waals surface area contributed by atoms with Crippen LogP contribution in [0.2, 0.25) is 0 Å². The average molecular weight is 330 g/mol. The molecule has 1 aromatic rings. The van der Waals surface area contributed by atoms with Crippen molar-refractivity contribution in [2.24, 2.45) is 5.41 Å². The first kappa shape index (κ1) is 19.7. The van der Waals surface area contributed by atoms with Crippen LogP contribution in [0.15, 0.2) is 54.6 Å². The number of rotatable bonds is 9. The van der Waals surface area contributed by atoms with E-state index >= 15 is 0 Å². The van der Waals surface area contributed by atoms with E-state index in [-0.39, 0.29) is 26.1 Å². The Labute approximate surface area is 144 Å². The van der Waals surface area contributed by atoms with Crippen LogP contribution in [0.1, 0.15) is 32.8 Å². The highest BCUT2D eigenvalue weighted by Crippen LogP contribution is 2.32. The molecule has 0 aliphatic rings. The van der Waals surface area contributed by atoms with Crippen molar-refractivity contribution in [2.45, 2.75) is 33.6 Å². The lowest BCUT2D eigenvalue weighted by Crippen LogP contribution is -2.43. The lowest BCUT2D eigenvalue weighted by molar-refractivity contribution is -0.171. The van der Waals surface area contributed by atoms with Gasteiger partial charge < -0.3 is 9.47 Å². The second kappa shape index (κ2) is 10.4. The maximum absolute atomic E-state index is 12.7. The lowest BCUT2D eigenvalue weighted by Gasteiger charge is -2.28. The van der Waals surface area contributed by atoms with E-state index in [1.54, 1.807) is 19.9 Å². The molecule has 0 atom stereocenters. The first-order valence-corrected chi connectivity index (χ1v) is 8.27. The van der Waals surface area contributed by atoms with Gasteiger partial charge in [0.05, 0.1) is 13.2 Å². The standard InChI is InChI=1S/C20H26O4/c1-4-7-8-12-15-20(18(21)23-5-2,19(22)24-6-3)16-17-13-10-9-11-14-17/h4,7-14H,5-6,15-16H2,1-3H3/b7-4+,12-8+. The molecule has 24 heavy (non-hydrogen) atoms. The average Bonchev–Trinajstić information content (AvgIpc) is 2.59. The highest BCUT2D eigenvalue weighted by atomic mass is 16.6. The Balaban J connectivity index is 3.24. The van der Waals surface area contributed by atoms with Crippen LogP contribution in [-0.4, -0.2) is 25.2 Å². The van der Waals surface area contributed by atoms with Crippen molar-refractivity contribution in [3.05, 3.63) is 60.2 Å². The van der Waals surface area contributed by atoms with Gasteiger partial charge in [-0.25, -0.2) is 0 Å². The summed E-state index contributed by atoms with van der Waals surface area (Å²) in [5.41, 5.74) is -0.483. The predicted molar refractivity (Wildman–Crippen MR) is 94.4 cm³/mol. The molecule has 1 rings (SSSR count). The van der Waals surface area contributed by atoms with Gasteiger partial charge in [-0.1, -0.05) is 54.6 Å². The van der Waals surface area contributed by atoms with Gasteiger partial charge in [-0.3, -0.25) is 9.59 Å². The van der Waals surface area contributed by atoms with Crippen molar-refractivity contribution in [3.63, 3.8) is 0 Å². The summed E-state index contributed by atoms with van der Waals surface area (Å²) < 4.78 is 10.4. The van der Waals surface area contributed by atoms with Gasteiger partial charge in [-0.15, -0.1) is 0 Å². The second-order valence-electron chi connectivity index (χ2n) is 5.34. The van der Waals surface area contributed by atoms with E-state index in [0.29, 0.717) is 0 Å². The summed E-state index contributed by atoms with van der Waals surface area (Å²) >= 11 is 0. The minimum atomic E-state index is -1.37. The quantitative estimate of drug-likeness (QED) is 0.392. The van der Waals surface area contributed by atoms with Crippen molar-refractivity contribution in [1.82, 2.24) is 0 Å². The van der Waals surface area contributed by atoms with Crippen LogP contribution in [0, 0.1) is 5.41 Å². The van der Waals surface area contributed by atoms with Crippen LogP contribution in [0.25, 0.3) is 0 Å². The Hall–Kier alpha value is -2.36. The molecule has 0 unspecified atom stereocenters. The normalized spacial score (nSPS) is 11.8. The smallest absolute Gasteiger partial charge is 0.324 e. The zero-order valence-electron chi connectivity index (χ0n) is 14.7. The highest BCUT2D eigenvalue weighted by molar-refractivity contribution is 6.00. The summed E-state index contributed by atoms with van der Waals surface area (Å²) in [4.78, 5) is 25.3. The minimum absolute atomic E-state index is 0.216. The maximum atomic E-state index is 12.7. The summed E-state index contributed by atoms with van der Waals surface area (Å²) in [5.74, 6) is -1.09. The molecular weight excluding hydrogens is 304 g/mol. The van der Waals surface area contributed by atoms with Gasteiger partial charge in [0.15, 0.2) is 5.41 Å². The van der Waals surface area contributed by atoms with Crippen molar-refractivity contribution in [2.75, 3.05) is 13.2 Å². The molecule has 0 aliphatic carbocycles. The van der Waals surface area contributed by atoms with E-state index in [4.69, 9.17) is 9.47 Å². The first-order valence-electron chi connectivity index (χ1n) is 8.27. The maximum Gasteiger partial charge on any atom is 0.324 e. The fourth-order valence-corrected chi connectivity index (χ4v) is 2.41. The molecule has 0 N–H and O–H groups in total. The number of carbonyl (C=O) groups is 2. The highest BCUT2D eigenvalue weighted by Gasteiger charge is 2.48. The summed E-state index contributed by atoms with van der Waals surface area (Å²) in [6.07, 6.45) is 7.82. The molecule has 0 bridgehead atoms. The zero-order chi connectivity index (χ0) is 17.8. The Morgan fingerprint density at radius 2 is 1.58 bits per heavy atom. The fraction of sp³-hybridized carbons (Fsp3) is 0.400. The molecular formula is C20H26O4. The summed E-state index contributed by atoms with van der Waals surface area (Å²) in [6.45, 7) is 5.79. The molecule has 0 amide bonds. The van der Waals surface area contributed by atoms with E-state index < -0.39 is 17.4 Å². The molecule has 0 aliphatic heterocycles. The van der Waals surface area contributed by atoms with E-state index in [1.165, 1.54) is 0 Å². The number of hydrogen-bond donors (Lipinski definition) is 0. The van der Waals surface area contributed by atoms with Gasteiger partial charge in [0.2, 0.25) is 0 Å². The largest absolute Gasteiger partial charge is 0.465 e. The molecule has 4 heteroatoms. The minimum Gasteiger partial charge on any atom is -0.465 e. The predicted octanol–water partition coefficient (Wildman–Crippen LogP) is 3.86. The second-order valence-corrected chi connectivity index (χ2v) is 5.34. The van der Waals surface area contributed by atoms with Crippen LogP contribution < -0.4 is 0 Å². The van der Waals surface area contributed by atoms with E-state index in [1.807, 2.05) is 55.5 Å². The molecule has 0 aromatic heterocycles.